The van der Waals surface area contributed by atoms with Gasteiger partial charge in [-0.15, -0.1) is 0 Å². The second-order valence-corrected chi connectivity index (χ2v) is 6.16. The van der Waals surface area contributed by atoms with Gasteiger partial charge >= 0.3 is 0 Å². The molecule has 0 saturated heterocycles. The molecule has 0 spiro atoms. The van der Waals surface area contributed by atoms with Crippen molar-refractivity contribution in [3.63, 3.8) is 0 Å². The lowest BCUT2D eigenvalue weighted by Gasteiger charge is -2.26. The Morgan fingerprint density at radius 3 is 2.96 bits per heavy atom. The zero-order valence-electron chi connectivity index (χ0n) is 14.6. The maximum atomic E-state index is 13.3. The van der Waals surface area contributed by atoms with Gasteiger partial charge in [0.1, 0.15) is 17.7 Å². The van der Waals surface area contributed by atoms with Gasteiger partial charge in [0.05, 0.1) is 13.2 Å². The Balaban J connectivity index is 1.86. The van der Waals surface area contributed by atoms with Crippen LogP contribution < -0.4 is 10.9 Å². The first-order valence-electron chi connectivity index (χ1n) is 8.41. The molecule has 0 fully saturated rings. The van der Waals surface area contributed by atoms with E-state index in [2.05, 4.69) is 10.3 Å². The lowest BCUT2D eigenvalue weighted by Crippen LogP contribution is -2.36. The second-order valence-electron chi connectivity index (χ2n) is 6.16. The number of hydrogen-bond donors (Lipinski definition) is 2. The third-order valence-corrected chi connectivity index (χ3v) is 4.36. The van der Waals surface area contributed by atoms with E-state index in [-0.39, 0.29) is 24.6 Å². The summed E-state index contributed by atoms with van der Waals surface area (Å²) in [6.07, 6.45) is 0.191. The number of rotatable bonds is 4. The number of carbonyl (C=O) groups excluding carboxylic acids is 1. The Morgan fingerprint density at radius 2 is 2.27 bits per heavy atom. The highest BCUT2D eigenvalue weighted by molar-refractivity contribution is 5.94. The largest absolute Gasteiger partial charge is 0.501 e. The van der Waals surface area contributed by atoms with Gasteiger partial charge in [0.15, 0.2) is 5.69 Å². The Morgan fingerprint density at radius 1 is 1.50 bits per heavy atom. The van der Waals surface area contributed by atoms with Crippen molar-refractivity contribution >= 4 is 5.91 Å². The molecule has 8 heteroatoms. The summed E-state index contributed by atoms with van der Waals surface area (Å²) >= 11 is 0. The highest BCUT2D eigenvalue weighted by Crippen LogP contribution is 2.24. The standard InChI is InChI=1S/C18H20FN3O4/c1-3-13-16-21-14(15(23)18(25)22(16)6-7-26-13)17(24)20-9-11-4-5-12(19)10(2)8-11/h4-5,8,13,23H,3,6-7,9H2,1-2H3,(H,20,24). The molecule has 1 aliphatic heterocycles. The minimum Gasteiger partial charge on any atom is -0.501 e. The number of fused-ring (bicyclic) bond motifs is 1. The smallest absolute Gasteiger partial charge is 0.296 e. The Bertz CT molecular complexity index is 910. The molecular weight excluding hydrogens is 341 g/mol. The first-order chi connectivity index (χ1) is 12.4. The molecule has 2 aromatic rings. The molecule has 2 heterocycles. The molecule has 1 amide bonds. The highest BCUT2D eigenvalue weighted by Gasteiger charge is 2.27. The van der Waals surface area contributed by atoms with Crippen molar-refractivity contribution in [1.29, 1.82) is 0 Å². The monoisotopic (exact) mass is 361 g/mol. The van der Waals surface area contributed by atoms with Crippen molar-refractivity contribution in [1.82, 2.24) is 14.9 Å². The van der Waals surface area contributed by atoms with Crippen molar-refractivity contribution in [2.75, 3.05) is 6.61 Å². The van der Waals surface area contributed by atoms with E-state index in [1.807, 2.05) is 6.92 Å². The van der Waals surface area contributed by atoms with Gasteiger partial charge < -0.3 is 15.2 Å². The van der Waals surface area contributed by atoms with E-state index in [0.29, 0.717) is 30.0 Å². The first-order valence-corrected chi connectivity index (χ1v) is 8.41. The number of ether oxygens (including phenoxy) is 1. The molecule has 2 N–H and O–H groups in total. The van der Waals surface area contributed by atoms with E-state index in [1.165, 1.54) is 10.6 Å². The molecule has 0 saturated carbocycles. The molecule has 3 rings (SSSR count). The van der Waals surface area contributed by atoms with Crippen LogP contribution in [0.25, 0.3) is 0 Å². The van der Waals surface area contributed by atoms with Crippen LogP contribution >= 0.6 is 0 Å². The van der Waals surface area contributed by atoms with Crippen molar-refractivity contribution in [2.24, 2.45) is 0 Å². The van der Waals surface area contributed by atoms with E-state index >= 15 is 0 Å². The molecule has 1 unspecified atom stereocenters. The zero-order valence-corrected chi connectivity index (χ0v) is 14.6. The van der Waals surface area contributed by atoms with Crippen LogP contribution in [0.4, 0.5) is 4.39 Å². The lowest BCUT2D eigenvalue weighted by molar-refractivity contribution is 0.0113. The normalized spacial score (nSPS) is 16.2. The van der Waals surface area contributed by atoms with Crippen LogP contribution in [0.5, 0.6) is 5.75 Å². The molecular formula is C18H20FN3O4. The summed E-state index contributed by atoms with van der Waals surface area (Å²) in [6.45, 7) is 4.26. The average Bonchev–Trinajstić information content (AvgIpc) is 2.64. The average molecular weight is 361 g/mol. The van der Waals surface area contributed by atoms with E-state index < -0.39 is 23.3 Å². The summed E-state index contributed by atoms with van der Waals surface area (Å²) < 4.78 is 20.2. The van der Waals surface area contributed by atoms with Crippen LogP contribution in [-0.2, 0) is 17.8 Å². The zero-order chi connectivity index (χ0) is 18.8. The van der Waals surface area contributed by atoms with E-state index in [4.69, 9.17) is 4.74 Å². The van der Waals surface area contributed by atoms with Crippen molar-refractivity contribution < 1.29 is 19.0 Å². The van der Waals surface area contributed by atoms with Gasteiger partial charge in [0, 0.05) is 6.54 Å². The molecule has 1 aliphatic rings. The molecule has 138 valence electrons. The van der Waals surface area contributed by atoms with Crippen LogP contribution in [0.2, 0.25) is 0 Å². The van der Waals surface area contributed by atoms with Gasteiger partial charge in [0.25, 0.3) is 11.5 Å². The van der Waals surface area contributed by atoms with E-state index in [9.17, 15) is 19.1 Å². The molecule has 0 bridgehead atoms. The Labute approximate surface area is 149 Å². The van der Waals surface area contributed by atoms with Gasteiger partial charge in [-0.25, -0.2) is 9.37 Å². The summed E-state index contributed by atoms with van der Waals surface area (Å²) in [5, 5.41) is 12.7. The molecule has 26 heavy (non-hydrogen) atoms. The summed E-state index contributed by atoms with van der Waals surface area (Å²) in [5.41, 5.74) is 0.178. The fraction of sp³-hybridized carbons (Fsp3) is 0.389. The van der Waals surface area contributed by atoms with Crippen LogP contribution in [0, 0.1) is 12.7 Å². The van der Waals surface area contributed by atoms with Crippen LogP contribution in [0.15, 0.2) is 23.0 Å². The third-order valence-electron chi connectivity index (χ3n) is 4.36. The molecule has 0 radical (unpaired) electrons. The number of nitrogens with zero attached hydrogens (tertiary/aromatic N) is 2. The second kappa shape index (κ2) is 7.25. The minimum absolute atomic E-state index is 0.118. The summed E-state index contributed by atoms with van der Waals surface area (Å²) in [5.74, 6) is -1.35. The number of halogens is 1. The lowest BCUT2D eigenvalue weighted by atomic mass is 10.1. The maximum Gasteiger partial charge on any atom is 0.296 e. The van der Waals surface area contributed by atoms with Crippen LogP contribution in [-0.4, -0.2) is 27.2 Å². The number of aryl methyl sites for hydroxylation is 1. The number of aromatic hydroxyl groups is 1. The molecule has 7 nitrogen and oxygen atoms in total. The number of amides is 1. The Kier molecular flexibility index (Phi) is 5.03. The van der Waals surface area contributed by atoms with Gasteiger partial charge in [-0.2, -0.15) is 0 Å². The topological polar surface area (TPSA) is 93.5 Å². The molecule has 0 aliphatic carbocycles. The maximum absolute atomic E-state index is 13.3. The van der Waals surface area contributed by atoms with Gasteiger partial charge in [0.2, 0.25) is 5.75 Å². The third kappa shape index (κ3) is 3.32. The SMILES string of the molecule is CCC1OCCn2c1nc(C(=O)NCc1ccc(F)c(C)c1)c(O)c2=O. The number of nitrogens with one attached hydrogen (secondary N) is 1. The van der Waals surface area contributed by atoms with E-state index in [1.54, 1.807) is 19.1 Å². The number of hydrogen-bond acceptors (Lipinski definition) is 5. The fourth-order valence-electron chi connectivity index (χ4n) is 2.93. The van der Waals surface area contributed by atoms with Crippen LogP contribution in [0.3, 0.4) is 0 Å². The molecule has 1 atom stereocenters. The Hall–Kier alpha value is -2.74. The first kappa shape index (κ1) is 18.1. The summed E-state index contributed by atoms with van der Waals surface area (Å²) in [4.78, 5) is 29.0. The number of benzene rings is 1. The van der Waals surface area contributed by atoms with Crippen molar-refractivity contribution in [3.8, 4) is 5.75 Å². The minimum atomic E-state index is -0.682. The highest BCUT2D eigenvalue weighted by atomic mass is 19.1. The number of carbonyl (C=O) groups is 1. The van der Waals surface area contributed by atoms with Gasteiger partial charge in [-0.05, 0) is 30.5 Å². The summed E-state index contributed by atoms with van der Waals surface area (Å²) in [6, 6.07) is 4.49. The van der Waals surface area contributed by atoms with Crippen molar-refractivity contribution in [3.05, 3.63) is 57.0 Å². The number of aromatic nitrogens is 2. The summed E-state index contributed by atoms with van der Waals surface area (Å²) in [7, 11) is 0. The van der Waals surface area contributed by atoms with Gasteiger partial charge in [-0.3, -0.25) is 14.2 Å². The molecule has 1 aromatic carbocycles. The quantitative estimate of drug-likeness (QED) is 0.866. The van der Waals surface area contributed by atoms with Crippen molar-refractivity contribution in [2.45, 2.75) is 39.5 Å². The van der Waals surface area contributed by atoms with E-state index in [0.717, 1.165) is 0 Å². The predicted octanol–water partition coefficient (Wildman–Crippen LogP) is 1.81. The van der Waals surface area contributed by atoms with Crippen LogP contribution in [0.1, 0.15) is 46.9 Å². The molecule has 1 aromatic heterocycles. The fourth-order valence-corrected chi connectivity index (χ4v) is 2.93. The van der Waals surface area contributed by atoms with Gasteiger partial charge in [-0.1, -0.05) is 19.1 Å². The predicted molar refractivity (Wildman–Crippen MR) is 91.5 cm³/mol.